The Morgan fingerprint density at radius 3 is 1.43 bits per heavy atom. The van der Waals surface area contributed by atoms with Crippen LogP contribution in [-0.4, -0.2) is 27.9 Å². The van der Waals surface area contributed by atoms with Gasteiger partial charge in [0.1, 0.15) is 19.8 Å². The zero-order valence-corrected chi connectivity index (χ0v) is 25.7. The van der Waals surface area contributed by atoms with Gasteiger partial charge in [0, 0.05) is 48.6 Å². The lowest BCUT2D eigenvalue weighted by Crippen LogP contribution is -2.10. The number of nitrogens with zero attached hydrogens (tertiary/aromatic N) is 3. The van der Waals surface area contributed by atoms with E-state index in [0.717, 1.165) is 55.2 Å². The summed E-state index contributed by atoms with van der Waals surface area (Å²) in [6.07, 6.45) is 0. The normalized spacial score (nSPS) is 11.0. The lowest BCUT2D eigenvalue weighted by molar-refractivity contribution is -0.143. The van der Waals surface area contributed by atoms with Crippen LogP contribution in [0.15, 0.2) is 97.1 Å². The molecule has 0 unspecified atom stereocenters. The van der Waals surface area contributed by atoms with Crippen molar-refractivity contribution in [1.82, 2.24) is 9.97 Å². The molecule has 0 aliphatic rings. The van der Waals surface area contributed by atoms with Gasteiger partial charge >= 0.3 is 17.9 Å². The van der Waals surface area contributed by atoms with Gasteiger partial charge in [-0.3, -0.25) is 14.4 Å². The highest BCUT2D eigenvalue weighted by molar-refractivity contribution is 5.94. The summed E-state index contributed by atoms with van der Waals surface area (Å²) in [5.41, 5.74) is 6.62. The molecule has 0 bridgehead atoms. The number of hydrogen-bond acceptors (Lipinski definition) is 9. The fraction of sp³-hybridized carbons (Fsp3) is 0.162. The molecule has 0 amide bonds. The molecule has 6 rings (SSSR count). The van der Waals surface area contributed by atoms with E-state index in [1.807, 2.05) is 66.7 Å². The van der Waals surface area contributed by atoms with Crippen LogP contribution < -0.4 is 4.90 Å². The SMILES string of the molecule is CC(=O)OCc1ccc2cc(N(c3ccc4nc(COC(C)=O)ccc4c3)c3ccc4nc(COC(C)=O)ccc4c3)ccc2c1. The van der Waals surface area contributed by atoms with E-state index in [1.54, 1.807) is 0 Å². The predicted molar refractivity (Wildman–Crippen MR) is 176 cm³/mol. The largest absolute Gasteiger partial charge is 0.461 e. The summed E-state index contributed by atoms with van der Waals surface area (Å²) in [5.74, 6) is -1.02. The highest BCUT2D eigenvalue weighted by Gasteiger charge is 2.16. The topological polar surface area (TPSA) is 108 Å². The Morgan fingerprint density at radius 2 is 0.913 bits per heavy atom. The van der Waals surface area contributed by atoms with Gasteiger partial charge in [-0.05, 0) is 83.1 Å². The van der Waals surface area contributed by atoms with Crippen LogP contribution in [0.25, 0.3) is 32.6 Å². The first-order chi connectivity index (χ1) is 22.2. The first-order valence-electron chi connectivity index (χ1n) is 14.7. The van der Waals surface area contributed by atoms with Gasteiger partial charge in [-0.15, -0.1) is 0 Å². The number of esters is 3. The number of aromatic nitrogens is 2. The van der Waals surface area contributed by atoms with E-state index in [-0.39, 0.29) is 37.7 Å². The van der Waals surface area contributed by atoms with Crippen molar-refractivity contribution in [2.75, 3.05) is 4.90 Å². The van der Waals surface area contributed by atoms with Crippen molar-refractivity contribution < 1.29 is 28.6 Å². The highest BCUT2D eigenvalue weighted by Crippen LogP contribution is 2.38. The molecule has 6 aromatic rings. The smallest absolute Gasteiger partial charge is 0.303 e. The summed E-state index contributed by atoms with van der Waals surface area (Å²) in [7, 11) is 0. The Kier molecular flexibility index (Phi) is 8.56. The molecule has 46 heavy (non-hydrogen) atoms. The number of carbonyl (C=O) groups excluding carboxylic acids is 3. The molecular formula is C37H31N3O6. The van der Waals surface area contributed by atoms with E-state index in [0.29, 0.717) is 11.4 Å². The lowest BCUT2D eigenvalue weighted by Gasteiger charge is -2.26. The molecule has 0 aliphatic heterocycles. The van der Waals surface area contributed by atoms with Crippen LogP contribution in [0, 0.1) is 0 Å². The number of anilines is 3. The minimum atomic E-state index is -0.352. The third-order valence-corrected chi connectivity index (χ3v) is 7.41. The summed E-state index contributed by atoms with van der Waals surface area (Å²) in [5, 5.41) is 3.92. The van der Waals surface area contributed by atoms with E-state index >= 15 is 0 Å². The number of ether oxygens (including phenoxy) is 3. The van der Waals surface area contributed by atoms with Gasteiger partial charge in [0.2, 0.25) is 0 Å². The van der Waals surface area contributed by atoms with Gasteiger partial charge in [-0.2, -0.15) is 0 Å². The van der Waals surface area contributed by atoms with Crippen LogP contribution in [0.3, 0.4) is 0 Å². The molecule has 2 heterocycles. The Labute approximate surface area is 265 Å². The molecule has 2 aromatic heterocycles. The minimum Gasteiger partial charge on any atom is -0.461 e. The molecule has 0 atom stereocenters. The molecule has 0 saturated heterocycles. The van der Waals surface area contributed by atoms with Crippen molar-refractivity contribution in [1.29, 1.82) is 0 Å². The average molecular weight is 614 g/mol. The van der Waals surface area contributed by atoms with Crippen molar-refractivity contribution in [2.45, 2.75) is 40.6 Å². The number of hydrogen-bond donors (Lipinski definition) is 0. The fourth-order valence-corrected chi connectivity index (χ4v) is 5.24. The van der Waals surface area contributed by atoms with Crippen LogP contribution >= 0.6 is 0 Å². The summed E-state index contributed by atoms with van der Waals surface area (Å²) in [4.78, 5) is 45.4. The van der Waals surface area contributed by atoms with E-state index in [2.05, 4.69) is 45.2 Å². The maximum absolute atomic E-state index is 11.3. The van der Waals surface area contributed by atoms with Gasteiger partial charge in [0.05, 0.1) is 22.4 Å². The maximum atomic E-state index is 11.3. The first kappa shape index (κ1) is 30.2. The van der Waals surface area contributed by atoms with Crippen molar-refractivity contribution in [3.63, 3.8) is 0 Å². The van der Waals surface area contributed by atoms with Gasteiger partial charge < -0.3 is 19.1 Å². The molecule has 9 heteroatoms. The molecule has 4 aromatic carbocycles. The first-order valence-corrected chi connectivity index (χ1v) is 14.7. The third-order valence-electron chi connectivity index (χ3n) is 7.41. The van der Waals surface area contributed by atoms with Crippen molar-refractivity contribution in [3.05, 3.63) is 114 Å². The van der Waals surface area contributed by atoms with Crippen molar-refractivity contribution in [3.8, 4) is 0 Å². The van der Waals surface area contributed by atoms with Crippen LogP contribution in [0.5, 0.6) is 0 Å². The summed E-state index contributed by atoms with van der Waals surface area (Å²) >= 11 is 0. The second-order valence-corrected chi connectivity index (χ2v) is 10.9. The average Bonchev–Trinajstić information content (AvgIpc) is 3.05. The van der Waals surface area contributed by atoms with Crippen molar-refractivity contribution >= 4 is 67.5 Å². The molecule has 230 valence electrons. The Hall–Kier alpha value is -5.83. The van der Waals surface area contributed by atoms with Crippen molar-refractivity contribution in [2.24, 2.45) is 0 Å². The number of fused-ring (bicyclic) bond motifs is 3. The zero-order valence-electron chi connectivity index (χ0n) is 25.7. The standard InChI is InChI=1S/C37H31N3O6/c1-23(41)44-20-26-4-5-28-17-33(11-8-27(28)16-26)40(34-12-14-36-29(18-34)6-9-31(38-36)21-45-24(2)42)35-13-15-37-30(19-35)7-10-32(39-37)22-46-25(3)43/h4-19H,20-22H2,1-3H3. The Bertz CT molecular complexity index is 1890. The number of carbonyl (C=O) groups is 3. The highest BCUT2D eigenvalue weighted by atomic mass is 16.5. The lowest BCUT2D eigenvalue weighted by atomic mass is 10.0. The molecule has 0 N–H and O–H groups in total. The zero-order chi connectivity index (χ0) is 32.2. The summed E-state index contributed by atoms with van der Waals surface area (Å²) < 4.78 is 15.4. The van der Waals surface area contributed by atoms with Gasteiger partial charge in [-0.25, -0.2) is 9.97 Å². The predicted octanol–water partition coefficient (Wildman–Crippen LogP) is 7.60. The molecule has 0 spiro atoms. The van der Waals surface area contributed by atoms with E-state index < -0.39 is 0 Å². The van der Waals surface area contributed by atoms with E-state index in [4.69, 9.17) is 14.2 Å². The molecular weight excluding hydrogens is 582 g/mol. The number of pyridine rings is 2. The third kappa shape index (κ3) is 6.94. The van der Waals surface area contributed by atoms with Gasteiger partial charge in [0.25, 0.3) is 0 Å². The monoisotopic (exact) mass is 613 g/mol. The summed E-state index contributed by atoms with van der Waals surface area (Å²) in [6, 6.07) is 32.0. The van der Waals surface area contributed by atoms with Crippen LogP contribution in [0.1, 0.15) is 37.7 Å². The number of benzene rings is 4. The molecule has 0 aliphatic carbocycles. The van der Waals surface area contributed by atoms with E-state index in [9.17, 15) is 14.4 Å². The molecule has 9 nitrogen and oxygen atoms in total. The second-order valence-electron chi connectivity index (χ2n) is 10.9. The number of rotatable bonds is 9. The summed E-state index contributed by atoms with van der Waals surface area (Å²) in [6.45, 7) is 4.61. The molecule has 0 radical (unpaired) electrons. The Morgan fingerprint density at radius 1 is 0.500 bits per heavy atom. The Balaban J connectivity index is 1.41. The quantitative estimate of drug-likeness (QED) is 0.120. The minimum absolute atomic E-state index is 0.118. The van der Waals surface area contributed by atoms with E-state index in [1.165, 1.54) is 20.8 Å². The fourth-order valence-electron chi connectivity index (χ4n) is 5.24. The molecule has 0 saturated carbocycles. The van der Waals surface area contributed by atoms with Gasteiger partial charge in [0.15, 0.2) is 0 Å². The van der Waals surface area contributed by atoms with Crippen LogP contribution in [0.2, 0.25) is 0 Å². The van der Waals surface area contributed by atoms with Crippen LogP contribution in [-0.2, 0) is 48.4 Å². The second kappa shape index (κ2) is 13.0. The van der Waals surface area contributed by atoms with Gasteiger partial charge in [-0.1, -0.05) is 30.3 Å². The molecule has 0 fully saturated rings. The van der Waals surface area contributed by atoms with Crippen LogP contribution in [0.4, 0.5) is 17.1 Å². The maximum Gasteiger partial charge on any atom is 0.303 e.